The predicted octanol–water partition coefficient (Wildman–Crippen LogP) is 2.73. The van der Waals surface area contributed by atoms with Gasteiger partial charge in [-0.05, 0) is 38.7 Å². The van der Waals surface area contributed by atoms with Crippen molar-refractivity contribution in [3.8, 4) is 0 Å². The van der Waals surface area contributed by atoms with E-state index in [0.717, 1.165) is 25.8 Å². The van der Waals surface area contributed by atoms with E-state index in [-0.39, 0.29) is 24.1 Å². The number of nitrogens with zero attached hydrogens (tertiary/aromatic N) is 1. The SMILES string of the molecule is CCC(Cc1ccc(C)cc1)NC(=O)N1CCC(C(C)O)C1. The average Bonchev–Trinajstić information content (AvgIpc) is 2.99. The first-order valence-corrected chi connectivity index (χ1v) is 8.28. The Balaban J connectivity index is 1.87. The fourth-order valence-corrected chi connectivity index (χ4v) is 2.94. The van der Waals surface area contributed by atoms with E-state index in [4.69, 9.17) is 0 Å². The van der Waals surface area contributed by atoms with Gasteiger partial charge in [-0.2, -0.15) is 0 Å². The Morgan fingerprint density at radius 1 is 1.41 bits per heavy atom. The van der Waals surface area contributed by atoms with Gasteiger partial charge in [-0.25, -0.2) is 4.79 Å². The number of rotatable bonds is 5. The van der Waals surface area contributed by atoms with Gasteiger partial charge in [-0.1, -0.05) is 36.8 Å². The summed E-state index contributed by atoms with van der Waals surface area (Å²) in [5.41, 5.74) is 2.50. The quantitative estimate of drug-likeness (QED) is 0.879. The molecule has 1 aromatic rings. The molecule has 1 heterocycles. The highest BCUT2D eigenvalue weighted by atomic mass is 16.3. The second-order valence-electron chi connectivity index (χ2n) is 6.48. The number of carbonyl (C=O) groups excluding carboxylic acids is 1. The van der Waals surface area contributed by atoms with Crippen LogP contribution in [0, 0.1) is 12.8 Å². The lowest BCUT2D eigenvalue weighted by Gasteiger charge is -2.23. The lowest BCUT2D eigenvalue weighted by molar-refractivity contribution is 0.129. The van der Waals surface area contributed by atoms with Crippen molar-refractivity contribution in [3.05, 3.63) is 35.4 Å². The molecule has 0 radical (unpaired) electrons. The van der Waals surface area contributed by atoms with Gasteiger partial charge in [0.15, 0.2) is 0 Å². The van der Waals surface area contributed by atoms with Crippen molar-refractivity contribution in [2.75, 3.05) is 13.1 Å². The molecule has 0 bridgehead atoms. The van der Waals surface area contributed by atoms with E-state index in [2.05, 4.69) is 43.4 Å². The number of aliphatic hydroxyl groups is 1. The van der Waals surface area contributed by atoms with E-state index < -0.39 is 0 Å². The molecule has 2 rings (SSSR count). The van der Waals surface area contributed by atoms with E-state index in [9.17, 15) is 9.90 Å². The van der Waals surface area contributed by atoms with E-state index in [1.807, 2.05) is 4.90 Å². The molecule has 0 aromatic heterocycles. The molecule has 3 unspecified atom stereocenters. The van der Waals surface area contributed by atoms with Crippen molar-refractivity contribution in [3.63, 3.8) is 0 Å². The number of urea groups is 1. The topological polar surface area (TPSA) is 52.6 Å². The molecule has 22 heavy (non-hydrogen) atoms. The summed E-state index contributed by atoms with van der Waals surface area (Å²) >= 11 is 0. The molecule has 122 valence electrons. The molecule has 0 aliphatic carbocycles. The number of benzene rings is 1. The van der Waals surface area contributed by atoms with Crippen LogP contribution in [0.1, 0.15) is 37.8 Å². The van der Waals surface area contributed by atoms with Gasteiger partial charge >= 0.3 is 6.03 Å². The summed E-state index contributed by atoms with van der Waals surface area (Å²) in [5.74, 6) is 0.211. The Kier molecular flexibility index (Phi) is 5.83. The minimum Gasteiger partial charge on any atom is -0.393 e. The van der Waals surface area contributed by atoms with Crippen LogP contribution in [-0.2, 0) is 6.42 Å². The fraction of sp³-hybridized carbons (Fsp3) is 0.611. The number of carbonyl (C=O) groups is 1. The van der Waals surface area contributed by atoms with Crippen LogP contribution in [0.15, 0.2) is 24.3 Å². The number of nitrogens with one attached hydrogen (secondary N) is 1. The molecule has 4 nitrogen and oxygen atoms in total. The second kappa shape index (κ2) is 7.63. The minimum absolute atomic E-state index is 0.00196. The third kappa shape index (κ3) is 4.47. The van der Waals surface area contributed by atoms with Crippen LogP contribution in [0.25, 0.3) is 0 Å². The van der Waals surface area contributed by atoms with Gasteiger partial charge in [-0.15, -0.1) is 0 Å². The summed E-state index contributed by atoms with van der Waals surface area (Å²) < 4.78 is 0. The Labute approximate surface area is 133 Å². The monoisotopic (exact) mass is 304 g/mol. The zero-order chi connectivity index (χ0) is 16.1. The molecule has 3 atom stereocenters. The first-order chi connectivity index (χ1) is 10.5. The van der Waals surface area contributed by atoms with Crippen LogP contribution >= 0.6 is 0 Å². The number of aryl methyl sites for hydroxylation is 1. The number of aliphatic hydroxyl groups excluding tert-OH is 1. The smallest absolute Gasteiger partial charge is 0.317 e. The Morgan fingerprint density at radius 3 is 2.64 bits per heavy atom. The van der Waals surface area contributed by atoms with E-state index in [1.165, 1.54) is 11.1 Å². The molecule has 0 spiro atoms. The molecule has 1 aromatic carbocycles. The van der Waals surface area contributed by atoms with Crippen LogP contribution in [0.3, 0.4) is 0 Å². The second-order valence-corrected chi connectivity index (χ2v) is 6.48. The number of hydrogen-bond acceptors (Lipinski definition) is 2. The third-order valence-electron chi connectivity index (χ3n) is 4.62. The number of amides is 2. The van der Waals surface area contributed by atoms with Crippen molar-refractivity contribution in [1.29, 1.82) is 0 Å². The van der Waals surface area contributed by atoms with Crippen molar-refractivity contribution in [1.82, 2.24) is 10.2 Å². The molecular weight excluding hydrogens is 276 g/mol. The van der Waals surface area contributed by atoms with Crippen LogP contribution in [0.2, 0.25) is 0 Å². The molecule has 1 aliphatic heterocycles. The maximum Gasteiger partial charge on any atom is 0.317 e. The van der Waals surface area contributed by atoms with E-state index in [1.54, 1.807) is 6.92 Å². The van der Waals surface area contributed by atoms with Gasteiger partial charge in [-0.3, -0.25) is 0 Å². The number of hydrogen-bond donors (Lipinski definition) is 2. The Hall–Kier alpha value is -1.55. The molecule has 1 saturated heterocycles. The average molecular weight is 304 g/mol. The summed E-state index contributed by atoms with van der Waals surface area (Å²) in [7, 11) is 0. The standard InChI is InChI=1S/C18H28N2O2/c1-4-17(11-15-7-5-13(2)6-8-15)19-18(22)20-10-9-16(12-20)14(3)21/h5-8,14,16-17,21H,4,9-12H2,1-3H3,(H,19,22). The van der Waals surface area contributed by atoms with Crippen molar-refractivity contribution < 1.29 is 9.90 Å². The van der Waals surface area contributed by atoms with Crippen LogP contribution in [0.5, 0.6) is 0 Å². The van der Waals surface area contributed by atoms with E-state index >= 15 is 0 Å². The van der Waals surface area contributed by atoms with Crippen LogP contribution < -0.4 is 5.32 Å². The summed E-state index contributed by atoms with van der Waals surface area (Å²) in [4.78, 5) is 14.2. The molecular formula is C18H28N2O2. The highest BCUT2D eigenvalue weighted by Crippen LogP contribution is 2.19. The van der Waals surface area contributed by atoms with Crippen molar-refractivity contribution in [2.45, 2.75) is 52.2 Å². The highest BCUT2D eigenvalue weighted by molar-refractivity contribution is 5.74. The van der Waals surface area contributed by atoms with Crippen LogP contribution in [0.4, 0.5) is 4.79 Å². The molecule has 0 saturated carbocycles. The summed E-state index contributed by atoms with van der Waals surface area (Å²) in [5, 5.41) is 12.8. The lowest BCUT2D eigenvalue weighted by Crippen LogP contribution is -2.44. The zero-order valence-corrected chi connectivity index (χ0v) is 13.9. The maximum absolute atomic E-state index is 12.4. The van der Waals surface area contributed by atoms with Crippen LogP contribution in [-0.4, -0.2) is 41.3 Å². The van der Waals surface area contributed by atoms with Crippen molar-refractivity contribution >= 4 is 6.03 Å². The lowest BCUT2D eigenvalue weighted by atomic mass is 10.0. The Morgan fingerprint density at radius 2 is 2.09 bits per heavy atom. The predicted molar refractivity (Wildman–Crippen MR) is 88.9 cm³/mol. The molecule has 2 N–H and O–H groups in total. The van der Waals surface area contributed by atoms with Gasteiger partial charge < -0.3 is 15.3 Å². The van der Waals surface area contributed by atoms with Gasteiger partial charge in [0.1, 0.15) is 0 Å². The molecule has 4 heteroatoms. The first kappa shape index (κ1) is 16.8. The third-order valence-corrected chi connectivity index (χ3v) is 4.62. The minimum atomic E-state index is -0.340. The van der Waals surface area contributed by atoms with Gasteiger partial charge in [0.05, 0.1) is 6.10 Å². The van der Waals surface area contributed by atoms with Gasteiger partial charge in [0.2, 0.25) is 0 Å². The molecule has 1 aliphatic rings. The first-order valence-electron chi connectivity index (χ1n) is 8.28. The Bertz CT molecular complexity index is 484. The van der Waals surface area contributed by atoms with Gasteiger partial charge in [0, 0.05) is 25.0 Å². The summed E-state index contributed by atoms with van der Waals surface area (Å²) in [6.07, 6.45) is 2.32. The molecule has 1 fully saturated rings. The summed E-state index contributed by atoms with van der Waals surface area (Å²) in [6, 6.07) is 8.63. The molecule has 2 amide bonds. The fourth-order valence-electron chi connectivity index (χ4n) is 2.94. The van der Waals surface area contributed by atoms with Gasteiger partial charge in [0.25, 0.3) is 0 Å². The van der Waals surface area contributed by atoms with E-state index in [0.29, 0.717) is 6.54 Å². The maximum atomic E-state index is 12.4. The largest absolute Gasteiger partial charge is 0.393 e. The number of likely N-dealkylation sites (tertiary alicyclic amines) is 1. The highest BCUT2D eigenvalue weighted by Gasteiger charge is 2.29. The zero-order valence-electron chi connectivity index (χ0n) is 13.9. The normalized spacial score (nSPS) is 20.7. The summed E-state index contributed by atoms with van der Waals surface area (Å²) in [6.45, 7) is 7.38. The van der Waals surface area contributed by atoms with Crippen molar-refractivity contribution in [2.24, 2.45) is 5.92 Å².